The normalized spacial score (nSPS) is 18.8. The first-order valence-corrected chi connectivity index (χ1v) is 7.18. The molecule has 1 aromatic heterocycles. The number of fused-ring (bicyclic) bond motifs is 1. The number of nitrogens with zero attached hydrogens (tertiary/aromatic N) is 3. The molecule has 2 aromatic rings. The second-order valence-corrected chi connectivity index (χ2v) is 5.59. The zero-order chi connectivity index (χ0) is 13.2. The summed E-state index contributed by atoms with van der Waals surface area (Å²) in [5.41, 5.74) is 8.74. The van der Waals surface area contributed by atoms with E-state index in [9.17, 15) is 0 Å². The van der Waals surface area contributed by atoms with Crippen LogP contribution in [-0.4, -0.2) is 33.6 Å². The fourth-order valence-electron chi connectivity index (χ4n) is 2.99. The highest BCUT2D eigenvalue weighted by Crippen LogP contribution is 2.18. The number of hydrogen-bond acceptors (Lipinski definition) is 3. The molecule has 4 heteroatoms. The summed E-state index contributed by atoms with van der Waals surface area (Å²) in [5, 5.41) is 0. The van der Waals surface area contributed by atoms with E-state index < -0.39 is 0 Å². The Kier molecular flexibility index (Phi) is 3.42. The van der Waals surface area contributed by atoms with Gasteiger partial charge in [0.25, 0.3) is 0 Å². The molecule has 102 valence electrons. The first-order valence-electron chi connectivity index (χ1n) is 7.18. The molecule has 0 amide bonds. The summed E-state index contributed by atoms with van der Waals surface area (Å²) in [6, 6.07) is 6.53. The van der Waals surface area contributed by atoms with Crippen molar-refractivity contribution in [2.75, 3.05) is 18.8 Å². The topological polar surface area (TPSA) is 47.1 Å². The lowest BCUT2D eigenvalue weighted by Crippen LogP contribution is -2.39. The summed E-state index contributed by atoms with van der Waals surface area (Å²) in [6.07, 6.45) is 6.00. The Morgan fingerprint density at radius 3 is 2.84 bits per heavy atom. The van der Waals surface area contributed by atoms with Gasteiger partial charge in [0.2, 0.25) is 0 Å². The van der Waals surface area contributed by atoms with Gasteiger partial charge in [0.05, 0.1) is 17.4 Å². The number of imidazole rings is 1. The predicted octanol–water partition coefficient (Wildman–Crippen LogP) is 2.49. The van der Waals surface area contributed by atoms with Gasteiger partial charge >= 0.3 is 0 Å². The van der Waals surface area contributed by atoms with Crippen molar-refractivity contribution in [2.45, 2.75) is 38.8 Å². The zero-order valence-corrected chi connectivity index (χ0v) is 11.5. The fraction of sp³-hybridized carbons (Fsp3) is 0.533. The molecule has 2 heterocycles. The van der Waals surface area contributed by atoms with Gasteiger partial charge < -0.3 is 10.3 Å². The average Bonchev–Trinajstić information content (AvgIpc) is 2.82. The van der Waals surface area contributed by atoms with Gasteiger partial charge in [-0.3, -0.25) is 4.90 Å². The second kappa shape index (κ2) is 5.21. The number of piperidine rings is 1. The van der Waals surface area contributed by atoms with Crippen LogP contribution >= 0.6 is 0 Å². The van der Waals surface area contributed by atoms with E-state index in [1.807, 2.05) is 18.5 Å². The number of nitrogens with two attached hydrogens (primary N) is 1. The van der Waals surface area contributed by atoms with Crippen LogP contribution in [0.4, 0.5) is 5.69 Å². The molecule has 1 saturated heterocycles. The van der Waals surface area contributed by atoms with Crippen molar-refractivity contribution in [3.05, 3.63) is 24.5 Å². The maximum absolute atomic E-state index is 5.79. The van der Waals surface area contributed by atoms with Gasteiger partial charge in [0, 0.05) is 18.3 Å². The molecule has 1 aliphatic rings. The van der Waals surface area contributed by atoms with Gasteiger partial charge in [0.1, 0.15) is 0 Å². The molecule has 1 aromatic carbocycles. The largest absolute Gasteiger partial charge is 0.399 e. The van der Waals surface area contributed by atoms with E-state index in [0.717, 1.165) is 17.7 Å². The van der Waals surface area contributed by atoms with Crippen molar-refractivity contribution in [1.29, 1.82) is 0 Å². The maximum Gasteiger partial charge on any atom is 0.0958 e. The molecule has 2 N–H and O–H groups in total. The van der Waals surface area contributed by atoms with Crippen molar-refractivity contribution in [1.82, 2.24) is 14.5 Å². The highest BCUT2D eigenvalue weighted by atomic mass is 15.2. The lowest BCUT2D eigenvalue weighted by Gasteiger charge is -2.32. The molecule has 0 aliphatic carbocycles. The lowest BCUT2D eigenvalue weighted by atomic mass is 10.1. The van der Waals surface area contributed by atoms with Crippen LogP contribution in [0.15, 0.2) is 24.5 Å². The van der Waals surface area contributed by atoms with Crippen LogP contribution in [-0.2, 0) is 6.54 Å². The third-order valence-electron chi connectivity index (χ3n) is 4.12. The van der Waals surface area contributed by atoms with Crippen LogP contribution in [0.5, 0.6) is 0 Å². The van der Waals surface area contributed by atoms with Crippen molar-refractivity contribution in [2.24, 2.45) is 0 Å². The van der Waals surface area contributed by atoms with Crippen molar-refractivity contribution in [3.8, 4) is 0 Å². The molecule has 1 fully saturated rings. The van der Waals surface area contributed by atoms with Crippen LogP contribution in [0.25, 0.3) is 11.0 Å². The summed E-state index contributed by atoms with van der Waals surface area (Å²) in [7, 11) is 0. The molecule has 19 heavy (non-hydrogen) atoms. The lowest BCUT2D eigenvalue weighted by molar-refractivity contribution is 0.160. The second-order valence-electron chi connectivity index (χ2n) is 5.59. The summed E-state index contributed by atoms with van der Waals surface area (Å²) >= 11 is 0. The standard InChI is InChI=1S/C15H22N4/c1-12(18-7-3-2-4-8-18)10-19-11-17-14-9-13(16)5-6-15(14)19/h5-6,9,11-12H,2-4,7-8,10,16H2,1H3. The van der Waals surface area contributed by atoms with Gasteiger partial charge in [-0.1, -0.05) is 6.42 Å². The van der Waals surface area contributed by atoms with Gasteiger partial charge in [0.15, 0.2) is 0 Å². The molecule has 0 saturated carbocycles. The molecule has 0 radical (unpaired) electrons. The molecular formula is C15H22N4. The van der Waals surface area contributed by atoms with Crippen molar-refractivity contribution >= 4 is 16.7 Å². The zero-order valence-electron chi connectivity index (χ0n) is 11.5. The number of benzene rings is 1. The molecule has 4 nitrogen and oxygen atoms in total. The van der Waals surface area contributed by atoms with E-state index in [-0.39, 0.29) is 0 Å². The van der Waals surface area contributed by atoms with Crippen LogP contribution in [0, 0.1) is 0 Å². The number of likely N-dealkylation sites (tertiary alicyclic amines) is 1. The van der Waals surface area contributed by atoms with Gasteiger partial charge in [-0.2, -0.15) is 0 Å². The van der Waals surface area contributed by atoms with Crippen LogP contribution in [0.1, 0.15) is 26.2 Å². The number of hydrogen-bond donors (Lipinski definition) is 1. The van der Waals surface area contributed by atoms with Gasteiger partial charge in [-0.25, -0.2) is 4.98 Å². The quantitative estimate of drug-likeness (QED) is 0.860. The minimum absolute atomic E-state index is 0.565. The third kappa shape index (κ3) is 2.59. The Hall–Kier alpha value is -1.55. The van der Waals surface area contributed by atoms with E-state index in [2.05, 4.69) is 27.4 Å². The van der Waals surface area contributed by atoms with Crippen molar-refractivity contribution < 1.29 is 0 Å². The number of rotatable bonds is 3. The van der Waals surface area contributed by atoms with E-state index in [0.29, 0.717) is 6.04 Å². The van der Waals surface area contributed by atoms with E-state index in [1.165, 1.54) is 37.9 Å². The molecular weight excluding hydrogens is 236 g/mol. The molecule has 0 bridgehead atoms. The number of aromatic nitrogens is 2. The van der Waals surface area contributed by atoms with Crippen LogP contribution < -0.4 is 5.73 Å². The van der Waals surface area contributed by atoms with Gasteiger partial charge in [-0.05, 0) is 51.1 Å². The minimum atomic E-state index is 0.565. The highest BCUT2D eigenvalue weighted by molar-refractivity contribution is 5.78. The van der Waals surface area contributed by atoms with Crippen LogP contribution in [0.3, 0.4) is 0 Å². The summed E-state index contributed by atoms with van der Waals surface area (Å²) in [6.45, 7) is 5.79. The highest BCUT2D eigenvalue weighted by Gasteiger charge is 2.17. The first kappa shape index (κ1) is 12.5. The van der Waals surface area contributed by atoms with E-state index in [1.54, 1.807) is 0 Å². The Morgan fingerprint density at radius 1 is 1.26 bits per heavy atom. The average molecular weight is 258 g/mol. The summed E-state index contributed by atoms with van der Waals surface area (Å²) < 4.78 is 2.24. The molecule has 1 unspecified atom stereocenters. The van der Waals surface area contributed by atoms with Crippen LogP contribution in [0.2, 0.25) is 0 Å². The Labute approximate surface area is 114 Å². The monoisotopic (exact) mass is 258 g/mol. The Morgan fingerprint density at radius 2 is 2.05 bits per heavy atom. The molecule has 1 aliphatic heterocycles. The van der Waals surface area contributed by atoms with Gasteiger partial charge in [-0.15, -0.1) is 0 Å². The molecule has 1 atom stereocenters. The minimum Gasteiger partial charge on any atom is -0.399 e. The summed E-state index contributed by atoms with van der Waals surface area (Å²) in [4.78, 5) is 7.03. The smallest absolute Gasteiger partial charge is 0.0958 e. The van der Waals surface area contributed by atoms with E-state index >= 15 is 0 Å². The Bertz CT molecular complexity index is 554. The number of anilines is 1. The summed E-state index contributed by atoms with van der Waals surface area (Å²) in [5.74, 6) is 0. The maximum atomic E-state index is 5.79. The SMILES string of the molecule is CC(Cn1cnc2cc(N)ccc21)N1CCCCC1. The molecule has 0 spiro atoms. The first-order chi connectivity index (χ1) is 9.24. The fourth-order valence-corrected chi connectivity index (χ4v) is 2.99. The van der Waals surface area contributed by atoms with Crippen molar-refractivity contribution in [3.63, 3.8) is 0 Å². The predicted molar refractivity (Wildman–Crippen MR) is 79.0 cm³/mol. The molecule has 3 rings (SSSR count). The third-order valence-corrected chi connectivity index (χ3v) is 4.12. The number of nitrogen functional groups attached to an aromatic ring is 1. The Balaban J connectivity index is 1.77. The van der Waals surface area contributed by atoms with E-state index in [4.69, 9.17) is 5.73 Å².